The van der Waals surface area contributed by atoms with E-state index in [4.69, 9.17) is 9.47 Å². The Kier molecular flexibility index (Phi) is 2.99. The van der Waals surface area contributed by atoms with Crippen molar-refractivity contribution >= 4 is 0 Å². The molecule has 0 radical (unpaired) electrons. The van der Waals surface area contributed by atoms with Crippen molar-refractivity contribution in [3.8, 4) is 0 Å². The van der Waals surface area contributed by atoms with Crippen molar-refractivity contribution in [2.45, 2.75) is 43.4 Å². The number of ether oxygens (including phenoxy) is 2. The van der Waals surface area contributed by atoms with Crippen LogP contribution in [0.2, 0.25) is 0 Å². The lowest BCUT2D eigenvalue weighted by Gasteiger charge is -2.42. The molecule has 2 rings (SSSR count). The molecule has 1 atom stereocenters. The molecule has 0 amide bonds. The third kappa shape index (κ3) is 1.46. The molecule has 90 valence electrons. The van der Waals surface area contributed by atoms with Gasteiger partial charge in [-0.25, -0.2) is 0 Å². The first kappa shape index (κ1) is 11.5. The summed E-state index contributed by atoms with van der Waals surface area (Å²) in [7, 11) is 0. The smallest absolute Gasteiger partial charge is 0.278 e. The Balaban J connectivity index is 2.37. The summed E-state index contributed by atoms with van der Waals surface area (Å²) < 4.78 is 11.2. The first-order chi connectivity index (χ1) is 7.67. The predicted molar refractivity (Wildman–Crippen MR) is 57.6 cm³/mol. The van der Waals surface area contributed by atoms with Gasteiger partial charge in [-0.05, 0) is 12.8 Å². The molecule has 16 heavy (non-hydrogen) atoms. The number of hydrogen-bond acceptors (Lipinski definition) is 4. The molecule has 0 N–H and O–H groups in total. The molecule has 5 heteroatoms. The molecule has 1 heterocycles. The fraction of sp³-hybridized carbons (Fsp3) is 0.818. The fourth-order valence-corrected chi connectivity index (χ4v) is 2.87. The van der Waals surface area contributed by atoms with E-state index in [2.05, 4.69) is 6.58 Å². The van der Waals surface area contributed by atoms with Crippen LogP contribution in [0, 0.1) is 10.1 Å². The monoisotopic (exact) mass is 227 g/mol. The van der Waals surface area contributed by atoms with Crippen LogP contribution < -0.4 is 0 Å². The number of rotatable bonds is 3. The SMILES string of the molecule is C=CC[C@]1([N+](=O)[O-])CCCCC12OCCO2. The van der Waals surface area contributed by atoms with Crippen LogP contribution in [0.15, 0.2) is 12.7 Å². The summed E-state index contributed by atoms with van der Waals surface area (Å²) in [5.41, 5.74) is -1.14. The van der Waals surface area contributed by atoms with E-state index in [0.29, 0.717) is 32.5 Å². The quantitative estimate of drug-likeness (QED) is 0.419. The Labute approximate surface area is 94.6 Å². The average molecular weight is 227 g/mol. The summed E-state index contributed by atoms with van der Waals surface area (Å²) in [5.74, 6) is -1.01. The first-order valence-corrected chi connectivity index (χ1v) is 5.70. The summed E-state index contributed by atoms with van der Waals surface area (Å²) in [6, 6.07) is 0. The summed E-state index contributed by atoms with van der Waals surface area (Å²) in [5, 5.41) is 11.4. The van der Waals surface area contributed by atoms with E-state index in [1.54, 1.807) is 6.08 Å². The van der Waals surface area contributed by atoms with E-state index in [-0.39, 0.29) is 4.92 Å². The molecule has 0 bridgehead atoms. The van der Waals surface area contributed by atoms with Crippen LogP contribution in [0.25, 0.3) is 0 Å². The van der Waals surface area contributed by atoms with E-state index < -0.39 is 11.3 Å². The zero-order valence-electron chi connectivity index (χ0n) is 9.31. The van der Waals surface area contributed by atoms with Gasteiger partial charge in [-0.1, -0.05) is 6.08 Å². The molecule has 0 aromatic carbocycles. The van der Waals surface area contributed by atoms with Gasteiger partial charge in [0.15, 0.2) is 0 Å². The van der Waals surface area contributed by atoms with Crippen molar-refractivity contribution in [2.75, 3.05) is 13.2 Å². The Morgan fingerprint density at radius 2 is 1.94 bits per heavy atom. The minimum atomic E-state index is -1.14. The van der Waals surface area contributed by atoms with Crippen LogP contribution in [0.4, 0.5) is 0 Å². The molecule has 2 fully saturated rings. The lowest BCUT2D eigenvalue weighted by molar-refractivity contribution is -0.615. The highest BCUT2D eigenvalue weighted by Crippen LogP contribution is 2.47. The maximum Gasteiger partial charge on any atom is 0.278 e. The number of nitrogens with zero attached hydrogens (tertiary/aromatic N) is 1. The molecule has 1 saturated carbocycles. The molecule has 1 aliphatic heterocycles. The van der Waals surface area contributed by atoms with Gasteiger partial charge in [0.05, 0.1) is 13.2 Å². The molecule has 1 aliphatic carbocycles. The maximum atomic E-state index is 11.4. The highest BCUT2D eigenvalue weighted by atomic mass is 16.8. The van der Waals surface area contributed by atoms with Gasteiger partial charge in [0, 0.05) is 24.2 Å². The zero-order valence-corrected chi connectivity index (χ0v) is 9.31. The topological polar surface area (TPSA) is 61.6 Å². The van der Waals surface area contributed by atoms with Crippen LogP contribution in [-0.2, 0) is 9.47 Å². The second-order valence-corrected chi connectivity index (χ2v) is 4.44. The normalized spacial score (nSPS) is 32.8. The lowest BCUT2D eigenvalue weighted by atomic mass is 9.74. The van der Waals surface area contributed by atoms with Crippen molar-refractivity contribution in [1.82, 2.24) is 0 Å². The van der Waals surface area contributed by atoms with Gasteiger partial charge in [0.1, 0.15) is 0 Å². The van der Waals surface area contributed by atoms with Gasteiger partial charge in [-0.3, -0.25) is 10.1 Å². The molecule has 2 aliphatic rings. The van der Waals surface area contributed by atoms with Crippen LogP contribution in [0.3, 0.4) is 0 Å². The average Bonchev–Trinajstić information content (AvgIpc) is 2.71. The van der Waals surface area contributed by atoms with Gasteiger partial charge >= 0.3 is 0 Å². The maximum absolute atomic E-state index is 11.4. The molecule has 0 aromatic heterocycles. The van der Waals surface area contributed by atoms with Crippen LogP contribution in [0.5, 0.6) is 0 Å². The molecule has 0 aromatic rings. The molecular weight excluding hydrogens is 210 g/mol. The van der Waals surface area contributed by atoms with Crippen LogP contribution in [0.1, 0.15) is 32.1 Å². The van der Waals surface area contributed by atoms with E-state index >= 15 is 0 Å². The zero-order chi connectivity index (χ0) is 11.6. The summed E-state index contributed by atoms with van der Waals surface area (Å²) in [6.45, 7) is 4.52. The van der Waals surface area contributed by atoms with Crippen LogP contribution >= 0.6 is 0 Å². The molecule has 5 nitrogen and oxygen atoms in total. The van der Waals surface area contributed by atoms with Gasteiger partial charge in [-0.15, -0.1) is 6.58 Å². The number of nitro groups is 1. The molecular formula is C11H17NO4. The highest BCUT2D eigenvalue weighted by molar-refractivity contribution is 5.03. The summed E-state index contributed by atoms with van der Waals surface area (Å²) in [4.78, 5) is 11.2. The largest absolute Gasteiger partial charge is 0.342 e. The van der Waals surface area contributed by atoms with Crippen molar-refractivity contribution in [3.63, 3.8) is 0 Å². The Morgan fingerprint density at radius 3 is 2.50 bits per heavy atom. The Bertz CT molecular complexity index is 298. The lowest BCUT2D eigenvalue weighted by Crippen LogP contribution is -2.61. The van der Waals surface area contributed by atoms with Gasteiger partial charge < -0.3 is 9.47 Å². The Morgan fingerprint density at radius 1 is 1.31 bits per heavy atom. The van der Waals surface area contributed by atoms with Crippen LogP contribution in [-0.4, -0.2) is 29.5 Å². The van der Waals surface area contributed by atoms with E-state index in [0.717, 1.165) is 12.8 Å². The van der Waals surface area contributed by atoms with Crippen molar-refractivity contribution < 1.29 is 14.4 Å². The molecule has 1 saturated heterocycles. The second kappa shape index (κ2) is 4.14. The van der Waals surface area contributed by atoms with E-state index in [1.807, 2.05) is 0 Å². The highest BCUT2D eigenvalue weighted by Gasteiger charge is 2.65. The fourth-order valence-electron chi connectivity index (χ4n) is 2.87. The minimum absolute atomic E-state index is 0.223. The standard InChI is InChI=1S/C11H17NO4/c1-2-5-10(12(13)14)6-3-4-7-11(10)15-8-9-16-11/h2H,1,3-9H2/t10-/m0/s1. The van der Waals surface area contributed by atoms with Crippen molar-refractivity contribution in [2.24, 2.45) is 0 Å². The number of hydrogen-bond donors (Lipinski definition) is 0. The summed E-state index contributed by atoms with van der Waals surface area (Å²) >= 11 is 0. The van der Waals surface area contributed by atoms with Gasteiger partial charge in [0.25, 0.3) is 5.54 Å². The van der Waals surface area contributed by atoms with E-state index in [1.165, 1.54) is 0 Å². The predicted octanol–water partition coefficient (Wildman–Crippen LogP) is 1.90. The minimum Gasteiger partial charge on any atom is -0.342 e. The van der Waals surface area contributed by atoms with Crippen molar-refractivity contribution in [3.05, 3.63) is 22.8 Å². The third-order valence-electron chi connectivity index (χ3n) is 3.64. The molecule has 1 spiro atoms. The first-order valence-electron chi connectivity index (χ1n) is 5.70. The van der Waals surface area contributed by atoms with Gasteiger partial charge in [0.2, 0.25) is 5.79 Å². The second-order valence-electron chi connectivity index (χ2n) is 4.44. The summed E-state index contributed by atoms with van der Waals surface area (Å²) in [6.07, 6.45) is 4.80. The molecule has 0 unspecified atom stereocenters. The van der Waals surface area contributed by atoms with E-state index in [9.17, 15) is 10.1 Å². The van der Waals surface area contributed by atoms with Gasteiger partial charge in [-0.2, -0.15) is 0 Å². The Hall–Kier alpha value is -0.940. The van der Waals surface area contributed by atoms with Crippen molar-refractivity contribution in [1.29, 1.82) is 0 Å². The third-order valence-corrected chi connectivity index (χ3v) is 3.64.